The highest BCUT2D eigenvalue weighted by molar-refractivity contribution is 5.99. The first-order valence-corrected chi connectivity index (χ1v) is 5.62. The summed E-state index contributed by atoms with van der Waals surface area (Å²) in [5, 5.41) is 9.11. The minimum absolute atomic E-state index is 0.168. The van der Waals surface area contributed by atoms with Crippen LogP contribution in [-0.2, 0) is 6.42 Å². The Hall–Kier alpha value is -1.84. The molecule has 4 nitrogen and oxygen atoms in total. The molecule has 0 aliphatic heterocycles. The van der Waals surface area contributed by atoms with E-state index in [9.17, 15) is 9.59 Å². The number of primary amides is 1. The minimum atomic E-state index is -1.02. The van der Waals surface area contributed by atoms with Gasteiger partial charge in [-0.25, -0.2) is 4.79 Å². The van der Waals surface area contributed by atoms with Crippen LogP contribution in [-0.4, -0.2) is 17.0 Å². The Morgan fingerprint density at radius 2 is 1.94 bits per heavy atom. The average Bonchev–Trinajstić information content (AvgIpc) is 2.28. The van der Waals surface area contributed by atoms with Crippen molar-refractivity contribution in [1.29, 1.82) is 0 Å². The Kier molecular flexibility index (Phi) is 4.26. The Balaban J connectivity index is 3.28. The maximum atomic E-state index is 11.3. The highest BCUT2D eigenvalue weighted by Crippen LogP contribution is 2.20. The molecule has 0 bridgehead atoms. The van der Waals surface area contributed by atoms with Gasteiger partial charge in [-0.15, -0.1) is 0 Å². The van der Waals surface area contributed by atoms with Crippen molar-refractivity contribution in [1.82, 2.24) is 0 Å². The van der Waals surface area contributed by atoms with Crippen LogP contribution in [0.15, 0.2) is 18.2 Å². The van der Waals surface area contributed by atoms with E-state index < -0.39 is 11.9 Å². The number of hydrogen-bond acceptors (Lipinski definition) is 2. The van der Waals surface area contributed by atoms with Gasteiger partial charge in [0.15, 0.2) is 0 Å². The van der Waals surface area contributed by atoms with Crippen LogP contribution in [0.4, 0.5) is 0 Å². The summed E-state index contributed by atoms with van der Waals surface area (Å²) in [6, 6.07) is 4.63. The van der Waals surface area contributed by atoms with E-state index in [1.807, 2.05) is 13.8 Å². The second kappa shape index (κ2) is 5.48. The highest BCUT2D eigenvalue weighted by Gasteiger charge is 2.18. The molecule has 1 aromatic carbocycles. The first-order valence-electron chi connectivity index (χ1n) is 5.62. The van der Waals surface area contributed by atoms with Gasteiger partial charge < -0.3 is 10.8 Å². The first kappa shape index (κ1) is 13.2. The molecule has 3 N–H and O–H groups in total. The molecule has 0 aliphatic carbocycles. The Morgan fingerprint density at radius 3 is 2.41 bits per heavy atom. The van der Waals surface area contributed by atoms with Gasteiger partial charge in [-0.05, 0) is 30.0 Å². The molecule has 0 spiro atoms. The summed E-state index contributed by atoms with van der Waals surface area (Å²) >= 11 is 0. The van der Waals surface area contributed by atoms with E-state index in [0.29, 0.717) is 23.5 Å². The van der Waals surface area contributed by atoms with Crippen LogP contribution in [0.25, 0.3) is 0 Å². The summed E-state index contributed by atoms with van der Waals surface area (Å²) in [5.41, 5.74) is 6.29. The zero-order valence-electron chi connectivity index (χ0n) is 10.1. The molecule has 1 rings (SSSR count). The molecule has 92 valence electrons. The lowest BCUT2D eigenvalue weighted by atomic mass is 9.91. The molecule has 0 heterocycles. The molecule has 0 radical (unpaired) electrons. The van der Waals surface area contributed by atoms with Gasteiger partial charge in [0, 0.05) is 5.56 Å². The van der Waals surface area contributed by atoms with Crippen molar-refractivity contribution < 1.29 is 14.7 Å². The van der Waals surface area contributed by atoms with Gasteiger partial charge in [0.1, 0.15) is 0 Å². The number of carboxylic acid groups (broad SMARTS) is 1. The molecule has 1 atom stereocenters. The van der Waals surface area contributed by atoms with Gasteiger partial charge in [-0.1, -0.05) is 26.3 Å². The lowest BCUT2D eigenvalue weighted by Crippen LogP contribution is -2.18. The number of rotatable bonds is 5. The number of carbonyl (C=O) groups is 2. The summed E-state index contributed by atoms with van der Waals surface area (Å²) in [4.78, 5) is 22.4. The maximum absolute atomic E-state index is 11.3. The molecule has 17 heavy (non-hydrogen) atoms. The maximum Gasteiger partial charge on any atom is 0.335 e. The number of hydrogen-bond donors (Lipinski definition) is 2. The molecule has 0 aromatic heterocycles. The lowest BCUT2D eigenvalue weighted by Gasteiger charge is -2.14. The number of carboxylic acids is 1. The standard InChI is InChI=1S/C13H17NO3/c1-3-8(2)7-11-9(12(14)15)5-4-6-10(11)13(16)17/h4-6,8H,3,7H2,1-2H3,(H2,14,15)(H,16,17). The topological polar surface area (TPSA) is 80.4 Å². The van der Waals surface area contributed by atoms with Crippen molar-refractivity contribution in [2.75, 3.05) is 0 Å². The molecular weight excluding hydrogens is 218 g/mol. The second-order valence-electron chi connectivity index (χ2n) is 4.22. The summed E-state index contributed by atoms with van der Waals surface area (Å²) in [6.07, 6.45) is 1.48. The molecule has 0 saturated heterocycles. The average molecular weight is 235 g/mol. The van der Waals surface area contributed by atoms with Crippen LogP contribution >= 0.6 is 0 Å². The number of nitrogens with two attached hydrogens (primary N) is 1. The zero-order valence-corrected chi connectivity index (χ0v) is 10.1. The van der Waals surface area contributed by atoms with Crippen LogP contribution in [0.3, 0.4) is 0 Å². The van der Waals surface area contributed by atoms with Crippen molar-refractivity contribution >= 4 is 11.9 Å². The summed E-state index contributed by atoms with van der Waals surface area (Å²) in [6.45, 7) is 4.04. The van der Waals surface area contributed by atoms with Crippen molar-refractivity contribution in [2.24, 2.45) is 11.7 Å². The minimum Gasteiger partial charge on any atom is -0.478 e. The van der Waals surface area contributed by atoms with Gasteiger partial charge in [-0.3, -0.25) is 4.79 Å². The first-order chi connectivity index (χ1) is 7.97. The fourth-order valence-corrected chi connectivity index (χ4v) is 1.73. The molecule has 0 aliphatic rings. The Bertz CT molecular complexity index is 408. The third kappa shape index (κ3) is 3.06. The Morgan fingerprint density at radius 1 is 1.35 bits per heavy atom. The predicted molar refractivity (Wildman–Crippen MR) is 65.1 cm³/mol. The number of aromatic carboxylic acids is 1. The van der Waals surface area contributed by atoms with E-state index >= 15 is 0 Å². The quantitative estimate of drug-likeness (QED) is 0.819. The van der Waals surface area contributed by atoms with Crippen LogP contribution in [0.1, 0.15) is 46.5 Å². The molecule has 0 saturated carbocycles. The van der Waals surface area contributed by atoms with Crippen LogP contribution in [0.2, 0.25) is 0 Å². The van der Waals surface area contributed by atoms with Crippen LogP contribution < -0.4 is 5.73 Å². The number of carbonyl (C=O) groups excluding carboxylic acids is 1. The van der Waals surface area contributed by atoms with Gasteiger partial charge in [-0.2, -0.15) is 0 Å². The van der Waals surface area contributed by atoms with Gasteiger partial charge in [0.2, 0.25) is 5.91 Å². The van der Waals surface area contributed by atoms with E-state index in [2.05, 4.69) is 0 Å². The predicted octanol–water partition coefficient (Wildman–Crippen LogP) is 2.07. The normalized spacial score (nSPS) is 12.1. The number of amides is 1. The Labute approximate surface area is 100 Å². The second-order valence-corrected chi connectivity index (χ2v) is 4.22. The van der Waals surface area contributed by atoms with Crippen molar-refractivity contribution in [3.63, 3.8) is 0 Å². The smallest absolute Gasteiger partial charge is 0.335 e. The van der Waals surface area contributed by atoms with Gasteiger partial charge in [0.05, 0.1) is 5.56 Å². The fourth-order valence-electron chi connectivity index (χ4n) is 1.73. The van der Waals surface area contributed by atoms with E-state index in [1.165, 1.54) is 6.07 Å². The molecular formula is C13H17NO3. The number of benzene rings is 1. The third-order valence-corrected chi connectivity index (χ3v) is 2.92. The van der Waals surface area contributed by atoms with E-state index in [4.69, 9.17) is 10.8 Å². The summed E-state index contributed by atoms with van der Waals surface area (Å²) < 4.78 is 0. The molecule has 0 fully saturated rings. The van der Waals surface area contributed by atoms with Gasteiger partial charge in [0.25, 0.3) is 0 Å². The molecule has 1 amide bonds. The SMILES string of the molecule is CCC(C)Cc1c(C(N)=O)cccc1C(=O)O. The summed E-state index contributed by atoms with van der Waals surface area (Å²) in [5.74, 6) is -1.29. The zero-order chi connectivity index (χ0) is 13.0. The fraction of sp³-hybridized carbons (Fsp3) is 0.385. The van der Waals surface area contributed by atoms with Crippen molar-refractivity contribution in [3.8, 4) is 0 Å². The van der Waals surface area contributed by atoms with Crippen molar-refractivity contribution in [3.05, 3.63) is 34.9 Å². The molecule has 4 heteroatoms. The monoisotopic (exact) mass is 235 g/mol. The lowest BCUT2D eigenvalue weighted by molar-refractivity contribution is 0.0695. The van der Waals surface area contributed by atoms with Crippen LogP contribution in [0, 0.1) is 5.92 Å². The van der Waals surface area contributed by atoms with Crippen molar-refractivity contribution in [2.45, 2.75) is 26.7 Å². The van der Waals surface area contributed by atoms with Crippen LogP contribution in [0.5, 0.6) is 0 Å². The molecule has 1 unspecified atom stereocenters. The third-order valence-electron chi connectivity index (χ3n) is 2.92. The largest absolute Gasteiger partial charge is 0.478 e. The van der Waals surface area contributed by atoms with Gasteiger partial charge >= 0.3 is 5.97 Å². The molecule has 1 aromatic rings. The summed E-state index contributed by atoms with van der Waals surface area (Å²) in [7, 11) is 0. The van der Waals surface area contributed by atoms with E-state index in [-0.39, 0.29) is 5.56 Å². The highest BCUT2D eigenvalue weighted by atomic mass is 16.4. The van der Waals surface area contributed by atoms with E-state index in [0.717, 1.165) is 6.42 Å². The van der Waals surface area contributed by atoms with E-state index in [1.54, 1.807) is 12.1 Å².